The van der Waals surface area contributed by atoms with Crippen LogP contribution in [0.5, 0.6) is 5.75 Å². The summed E-state index contributed by atoms with van der Waals surface area (Å²) in [6, 6.07) is 17.6. The van der Waals surface area contributed by atoms with Gasteiger partial charge < -0.3 is 10.1 Å². The van der Waals surface area contributed by atoms with Gasteiger partial charge in [0.15, 0.2) is 0 Å². The number of nitrogens with one attached hydrogen (secondary N) is 1. The van der Waals surface area contributed by atoms with E-state index in [0.29, 0.717) is 18.7 Å². The minimum atomic E-state index is -0.194. The highest BCUT2D eigenvalue weighted by molar-refractivity contribution is 5.92. The Morgan fingerprint density at radius 3 is 2.79 bits per heavy atom. The molecule has 4 rings (SSSR count). The van der Waals surface area contributed by atoms with E-state index < -0.39 is 0 Å². The second kappa shape index (κ2) is 6.20. The number of benzene rings is 2. The average Bonchev–Trinajstić information content (AvgIpc) is 3.10. The lowest BCUT2D eigenvalue weighted by molar-refractivity contribution is -0.121. The first-order valence-electron chi connectivity index (χ1n) is 7.91. The van der Waals surface area contributed by atoms with Gasteiger partial charge in [0.25, 0.3) is 0 Å². The summed E-state index contributed by atoms with van der Waals surface area (Å²) < 4.78 is 7.43. The Morgan fingerprint density at radius 1 is 1.12 bits per heavy atom. The number of aromatic nitrogens is 2. The Bertz CT molecular complexity index is 858. The number of para-hydroxylation sites is 2. The number of rotatable bonds is 3. The van der Waals surface area contributed by atoms with Crippen molar-refractivity contribution < 1.29 is 9.53 Å². The molecular weight excluding hydrogens is 302 g/mol. The highest BCUT2D eigenvalue weighted by Gasteiger charge is 2.26. The Morgan fingerprint density at radius 2 is 1.92 bits per heavy atom. The predicted octanol–water partition coefficient (Wildman–Crippen LogP) is 3.06. The third kappa shape index (κ3) is 2.88. The van der Waals surface area contributed by atoms with Crippen molar-refractivity contribution in [2.75, 3.05) is 11.9 Å². The lowest BCUT2D eigenvalue weighted by atomic mass is 9.96. The van der Waals surface area contributed by atoms with Crippen molar-refractivity contribution in [2.24, 2.45) is 5.92 Å². The molecule has 1 unspecified atom stereocenters. The molecular formula is C19H17N3O2. The van der Waals surface area contributed by atoms with Crippen LogP contribution in [0.25, 0.3) is 5.69 Å². The minimum absolute atomic E-state index is 0.0443. The summed E-state index contributed by atoms with van der Waals surface area (Å²) in [4.78, 5) is 12.5. The number of carbonyl (C=O) groups excluding carboxylic acids is 1. The van der Waals surface area contributed by atoms with Gasteiger partial charge in [-0.15, -0.1) is 0 Å². The van der Waals surface area contributed by atoms with Crippen LogP contribution in [0.3, 0.4) is 0 Å². The van der Waals surface area contributed by atoms with Crippen molar-refractivity contribution >= 4 is 11.6 Å². The van der Waals surface area contributed by atoms with Crippen LogP contribution in [0.2, 0.25) is 0 Å². The summed E-state index contributed by atoms with van der Waals surface area (Å²) in [6.45, 7) is 0.398. The summed E-state index contributed by atoms with van der Waals surface area (Å²) in [5, 5.41) is 7.22. The van der Waals surface area contributed by atoms with Gasteiger partial charge in [0.1, 0.15) is 12.4 Å². The molecule has 0 fully saturated rings. The van der Waals surface area contributed by atoms with E-state index >= 15 is 0 Å². The van der Waals surface area contributed by atoms with Gasteiger partial charge in [-0.05, 0) is 30.2 Å². The van der Waals surface area contributed by atoms with Gasteiger partial charge in [-0.25, -0.2) is 4.68 Å². The Balaban J connectivity index is 1.45. The van der Waals surface area contributed by atoms with Crippen molar-refractivity contribution in [2.45, 2.75) is 6.42 Å². The molecule has 5 nitrogen and oxygen atoms in total. The first-order valence-corrected chi connectivity index (χ1v) is 7.91. The Labute approximate surface area is 139 Å². The van der Waals surface area contributed by atoms with Crippen LogP contribution in [-0.2, 0) is 11.2 Å². The Hall–Kier alpha value is -3.08. The summed E-state index contributed by atoms with van der Waals surface area (Å²) >= 11 is 0. The van der Waals surface area contributed by atoms with Gasteiger partial charge in [0, 0.05) is 0 Å². The summed E-state index contributed by atoms with van der Waals surface area (Å²) in [5.41, 5.74) is 2.71. The fourth-order valence-corrected chi connectivity index (χ4v) is 2.85. The molecule has 1 amide bonds. The average molecular weight is 319 g/mol. The molecule has 5 heteroatoms. The molecule has 24 heavy (non-hydrogen) atoms. The minimum Gasteiger partial charge on any atom is -0.492 e. The maximum atomic E-state index is 12.5. The van der Waals surface area contributed by atoms with Gasteiger partial charge in [0.05, 0.1) is 29.7 Å². The van der Waals surface area contributed by atoms with Crippen LogP contribution < -0.4 is 10.1 Å². The van der Waals surface area contributed by atoms with Crippen molar-refractivity contribution in [1.29, 1.82) is 0 Å². The number of nitrogens with zero attached hydrogens (tertiary/aromatic N) is 2. The third-order valence-electron chi connectivity index (χ3n) is 4.12. The van der Waals surface area contributed by atoms with Crippen LogP contribution in [-0.4, -0.2) is 22.3 Å². The number of carbonyl (C=O) groups is 1. The van der Waals surface area contributed by atoms with Crippen molar-refractivity contribution in [3.8, 4) is 11.4 Å². The zero-order valence-electron chi connectivity index (χ0n) is 13.1. The number of hydrogen-bond donors (Lipinski definition) is 1. The largest absolute Gasteiger partial charge is 0.492 e. The quantitative estimate of drug-likeness (QED) is 0.807. The molecule has 0 bridgehead atoms. The highest BCUT2D eigenvalue weighted by Crippen LogP contribution is 2.27. The van der Waals surface area contributed by atoms with Gasteiger partial charge in [-0.2, -0.15) is 5.10 Å². The molecule has 1 atom stereocenters. The second-order valence-electron chi connectivity index (χ2n) is 5.82. The molecule has 2 heterocycles. The number of amides is 1. The fraction of sp³-hybridized carbons (Fsp3) is 0.158. The molecule has 3 aromatic rings. The maximum Gasteiger partial charge on any atom is 0.231 e. The van der Waals surface area contributed by atoms with Crippen molar-refractivity contribution in [3.05, 3.63) is 72.6 Å². The molecule has 120 valence electrons. The Kier molecular flexibility index (Phi) is 3.75. The molecule has 1 N–H and O–H groups in total. The van der Waals surface area contributed by atoms with E-state index in [1.807, 2.05) is 60.8 Å². The predicted molar refractivity (Wildman–Crippen MR) is 91.3 cm³/mol. The van der Waals surface area contributed by atoms with E-state index in [-0.39, 0.29) is 11.8 Å². The van der Waals surface area contributed by atoms with E-state index in [4.69, 9.17) is 4.74 Å². The lowest BCUT2D eigenvalue weighted by Gasteiger charge is -2.24. The second-order valence-corrected chi connectivity index (χ2v) is 5.82. The van der Waals surface area contributed by atoms with Gasteiger partial charge in [0.2, 0.25) is 5.91 Å². The van der Waals surface area contributed by atoms with Crippen LogP contribution in [0, 0.1) is 5.92 Å². The standard InChI is InChI=1S/C19H17N3O2/c23-19(15-10-14-6-4-5-9-18(14)24-13-15)21-16-11-20-22(12-16)17-7-2-1-3-8-17/h1-9,11-12,15H,10,13H2,(H,21,23). The number of hydrogen-bond acceptors (Lipinski definition) is 3. The monoisotopic (exact) mass is 319 g/mol. The summed E-state index contributed by atoms with van der Waals surface area (Å²) in [5.74, 6) is 0.635. The van der Waals surface area contributed by atoms with Gasteiger partial charge in [-0.1, -0.05) is 36.4 Å². The molecule has 0 radical (unpaired) electrons. The molecule has 0 saturated carbocycles. The van der Waals surface area contributed by atoms with Crippen LogP contribution >= 0.6 is 0 Å². The smallest absolute Gasteiger partial charge is 0.231 e. The molecule has 0 saturated heterocycles. The van der Waals surface area contributed by atoms with Gasteiger partial charge in [-0.3, -0.25) is 4.79 Å². The topological polar surface area (TPSA) is 56.2 Å². The zero-order chi connectivity index (χ0) is 16.4. The first kappa shape index (κ1) is 14.5. The lowest BCUT2D eigenvalue weighted by Crippen LogP contribution is -2.32. The van der Waals surface area contributed by atoms with E-state index in [1.54, 1.807) is 10.9 Å². The number of anilines is 1. The van der Waals surface area contributed by atoms with E-state index in [1.165, 1.54) is 0 Å². The molecule has 1 aromatic heterocycles. The van der Waals surface area contributed by atoms with E-state index in [2.05, 4.69) is 10.4 Å². The van der Waals surface area contributed by atoms with Crippen LogP contribution in [0.1, 0.15) is 5.56 Å². The fourth-order valence-electron chi connectivity index (χ4n) is 2.85. The number of fused-ring (bicyclic) bond motifs is 1. The number of ether oxygens (including phenoxy) is 1. The van der Waals surface area contributed by atoms with E-state index in [0.717, 1.165) is 17.0 Å². The normalized spacial score (nSPS) is 16.1. The third-order valence-corrected chi connectivity index (χ3v) is 4.12. The van der Waals surface area contributed by atoms with Gasteiger partial charge >= 0.3 is 0 Å². The summed E-state index contributed by atoms with van der Waals surface area (Å²) in [7, 11) is 0. The molecule has 0 spiro atoms. The maximum absolute atomic E-state index is 12.5. The van der Waals surface area contributed by atoms with Crippen LogP contribution in [0.15, 0.2) is 67.0 Å². The van der Waals surface area contributed by atoms with Crippen LogP contribution in [0.4, 0.5) is 5.69 Å². The van der Waals surface area contributed by atoms with Crippen molar-refractivity contribution in [1.82, 2.24) is 9.78 Å². The summed E-state index contributed by atoms with van der Waals surface area (Å²) in [6.07, 6.45) is 4.15. The zero-order valence-corrected chi connectivity index (χ0v) is 13.1. The molecule has 1 aliphatic rings. The molecule has 1 aliphatic heterocycles. The van der Waals surface area contributed by atoms with E-state index in [9.17, 15) is 4.79 Å². The highest BCUT2D eigenvalue weighted by atomic mass is 16.5. The molecule has 0 aliphatic carbocycles. The molecule has 2 aromatic carbocycles. The SMILES string of the molecule is O=C(Nc1cnn(-c2ccccc2)c1)C1COc2ccccc2C1. The first-order chi connectivity index (χ1) is 11.8. The van der Waals surface area contributed by atoms with Crippen molar-refractivity contribution in [3.63, 3.8) is 0 Å².